The first-order chi connectivity index (χ1) is 10.1. The molecule has 0 bridgehead atoms. The monoisotopic (exact) mass is 285 g/mol. The van der Waals surface area contributed by atoms with Gasteiger partial charge < -0.3 is 10.8 Å². The van der Waals surface area contributed by atoms with Crippen molar-refractivity contribution >= 4 is 0 Å². The second kappa shape index (κ2) is 5.24. The summed E-state index contributed by atoms with van der Waals surface area (Å²) in [5, 5.41) is 10.9. The third-order valence-electron chi connectivity index (χ3n) is 4.73. The number of benzene rings is 2. The quantitative estimate of drug-likeness (QED) is 0.910. The van der Waals surface area contributed by atoms with Crippen LogP contribution in [0, 0.1) is 12.7 Å². The zero-order valence-electron chi connectivity index (χ0n) is 12.1. The summed E-state index contributed by atoms with van der Waals surface area (Å²) < 4.78 is 14.2. The van der Waals surface area contributed by atoms with Crippen molar-refractivity contribution in [3.05, 3.63) is 70.5 Å². The van der Waals surface area contributed by atoms with Crippen LogP contribution in [0.25, 0.3) is 0 Å². The van der Waals surface area contributed by atoms with Gasteiger partial charge in [0.2, 0.25) is 0 Å². The van der Waals surface area contributed by atoms with Crippen LogP contribution in [-0.2, 0) is 11.8 Å². The summed E-state index contributed by atoms with van der Waals surface area (Å²) in [5.74, 6) is -0.370. The third-order valence-corrected chi connectivity index (χ3v) is 4.73. The van der Waals surface area contributed by atoms with E-state index in [0.717, 1.165) is 24.0 Å². The Morgan fingerprint density at radius 1 is 1.29 bits per heavy atom. The standard InChI is InChI=1S/C18H20FNO/c1-12-6-7-16(19)14(10-12)17(21)18(11-20)9-8-13-4-2-3-5-15(13)18/h2-7,10,17,21H,8-9,11,20H2,1H3. The Morgan fingerprint density at radius 3 is 2.81 bits per heavy atom. The van der Waals surface area contributed by atoms with E-state index in [9.17, 15) is 9.50 Å². The highest BCUT2D eigenvalue weighted by molar-refractivity contribution is 5.43. The number of aliphatic hydroxyl groups excluding tert-OH is 1. The normalized spacial score (nSPS) is 22.1. The van der Waals surface area contributed by atoms with E-state index in [2.05, 4.69) is 6.07 Å². The fourth-order valence-corrected chi connectivity index (χ4v) is 3.49. The van der Waals surface area contributed by atoms with Crippen LogP contribution in [0.3, 0.4) is 0 Å². The molecule has 0 saturated carbocycles. The predicted molar refractivity (Wildman–Crippen MR) is 81.6 cm³/mol. The van der Waals surface area contributed by atoms with Crippen molar-refractivity contribution in [2.75, 3.05) is 6.54 Å². The molecule has 0 amide bonds. The van der Waals surface area contributed by atoms with Crippen LogP contribution in [0.15, 0.2) is 42.5 Å². The number of halogens is 1. The molecule has 2 aromatic rings. The molecule has 21 heavy (non-hydrogen) atoms. The predicted octanol–water partition coefficient (Wildman–Crippen LogP) is 3.01. The van der Waals surface area contributed by atoms with Crippen LogP contribution in [0.1, 0.15) is 34.8 Å². The minimum absolute atomic E-state index is 0.304. The lowest BCUT2D eigenvalue weighted by atomic mass is 9.74. The van der Waals surface area contributed by atoms with E-state index in [1.807, 2.05) is 25.1 Å². The average molecular weight is 285 g/mol. The molecule has 1 aliphatic carbocycles. The number of fused-ring (bicyclic) bond motifs is 1. The fourth-order valence-electron chi connectivity index (χ4n) is 3.49. The molecule has 0 aromatic heterocycles. The lowest BCUT2D eigenvalue weighted by Gasteiger charge is -2.35. The molecule has 110 valence electrons. The van der Waals surface area contributed by atoms with Crippen LogP contribution >= 0.6 is 0 Å². The first-order valence-corrected chi connectivity index (χ1v) is 7.31. The van der Waals surface area contributed by atoms with Crippen molar-refractivity contribution in [1.82, 2.24) is 0 Å². The second-order valence-corrected chi connectivity index (χ2v) is 5.94. The van der Waals surface area contributed by atoms with Gasteiger partial charge >= 0.3 is 0 Å². The Labute approximate surface area is 124 Å². The number of nitrogens with two attached hydrogens (primary N) is 1. The molecule has 1 aliphatic rings. The van der Waals surface area contributed by atoms with E-state index in [-0.39, 0.29) is 5.82 Å². The van der Waals surface area contributed by atoms with Crippen LogP contribution in [0.5, 0.6) is 0 Å². The Morgan fingerprint density at radius 2 is 2.05 bits per heavy atom. The zero-order valence-corrected chi connectivity index (χ0v) is 12.1. The first-order valence-electron chi connectivity index (χ1n) is 7.31. The first kappa shape index (κ1) is 14.2. The van der Waals surface area contributed by atoms with Crippen molar-refractivity contribution in [3.63, 3.8) is 0 Å². The molecule has 2 atom stereocenters. The Hall–Kier alpha value is -1.71. The van der Waals surface area contributed by atoms with Crippen molar-refractivity contribution < 1.29 is 9.50 Å². The van der Waals surface area contributed by atoms with E-state index in [0.29, 0.717) is 12.1 Å². The third kappa shape index (κ3) is 2.17. The summed E-state index contributed by atoms with van der Waals surface area (Å²) in [6.45, 7) is 2.20. The molecule has 2 unspecified atom stereocenters. The van der Waals surface area contributed by atoms with Crippen LogP contribution in [0.2, 0.25) is 0 Å². The summed E-state index contributed by atoms with van der Waals surface area (Å²) in [6, 6.07) is 12.9. The van der Waals surface area contributed by atoms with Gasteiger partial charge in [0, 0.05) is 17.5 Å². The van der Waals surface area contributed by atoms with Gasteiger partial charge in [-0.3, -0.25) is 0 Å². The largest absolute Gasteiger partial charge is 0.387 e. The maximum atomic E-state index is 14.2. The number of rotatable bonds is 3. The van der Waals surface area contributed by atoms with Crippen molar-refractivity contribution in [3.8, 4) is 0 Å². The smallest absolute Gasteiger partial charge is 0.129 e. The van der Waals surface area contributed by atoms with Gasteiger partial charge in [0.05, 0.1) is 6.10 Å². The summed E-state index contributed by atoms with van der Waals surface area (Å²) in [5.41, 5.74) is 8.97. The van der Waals surface area contributed by atoms with Gasteiger partial charge in [-0.15, -0.1) is 0 Å². The SMILES string of the molecule is Cc1ccc(F)c(C(O)C2(CN)CCc3ccccc32)c1. The number of hydrogen-bond acceptors (Lipinski definition) is 2. The van der Waals surface area contributed by atoms with Crippen LogP contribution < -0.4 is 5.73 Å². The molecular formula is C18H20FNO. The molecule has 3 N–H and O–H groups in total. The van der Waals surface area contributed by atoms with Crippen LogP contribution in [0.4, 0.5) is 4.39 Å². The molecule has 0 radical (unpaired) electrons. The van der Waals surface area contributed by atoms with Gasteiger partial charge in [-0.2, -0.15) is 0 Å². The maximum absolute atomic E-state index is 14.2. The van der Waals surface area contributed by atoms with E-state index < -0.39 is 11.5 Å². The molecule has 0 heterocycles. The molecule has 0 aliphatic heterocycles. The molecular weight excluding hydrogens is 265 g/mol. The molecule has 3 heteroatoms. The Balaban J connectivity index is 2.11. The van der Waals surface area contributed by atoms with Gasteiger partial charge in [-0.25, -0.2) is 4.39 Å². The van der Waals surface area contributed by atoms with E-state index in [4.69, 9.17) is 5.73 Å². The summed E-state index contributed by atoms with van der Waals surface area (Å²) >= 11 is 0. The summed E-state index contributed by atoms with van der Waals surface area (Å²) in [6.07, 6.45) is 0.695. The average Bonchev–Trinajstić information content (AvgIpc) is 2.89. The topological polar surface area (TPSA) is 46.2 Å². The molecule has 2 aromatic carbocycles. The molecule has 2 nitrogen and oxygen atoms in total. The minimum atomic E-state index is -0.925. The van der Waals surface area contributed by atoms with Crippen LogP contribution in [-0.4, -0.2) is 11.7 Å². The lowest BCUT2D eigenvalue weighted by Crippen LogP contribution is -2.39. The van der Waals surface area contributed by atoms with E-state index in [1.54, 1.807) is 12.1 Å². The van der Waals surface area contributed by atoms with Crippen molar-refractivity contribution in [2.24, 2.45) is 5.73 Å². The highest BCUT2D eigenvalue weighted by atomic mass is 19.1. The second-order valence-electron chi connectivity index (χ2n) is 5.94. The Kier molecular flexibility index (Phi) is 3.56. The zero-order chi connectivity index (χ0) is 15.0. The van der Waals surface area contributed by atoms with E-state index in [1.165, 1.54) is 11.6 Å². The minimum Gasteiger partial charge on any atom is -0.387 e. The van der Waals surface area contributed by atoms with Gasteiger partial charge in [0.1, 0.15) is 5.82 Å². The Bertz CT molecular complexity index is 670. The highest BCUT2D eigenvalue weighted by Crippen LogP contribution is 2.47. The lowest BCUT2D eigenvalue weighted by molar-refractivity contribution is 0.0806. The number of aliphatic hydroxyl groups is 1. The van der Waals surface area contributed by atoms with E-state index >= 15 is 0 Å². The van der Waals surface area contributed by atoms with Crippen molar-refractivity contribution in [1.29, 1.82) is 0 Å². The molecule has 0 fully saturated rings. The molecule has 0 spiro atoms. The molecule has 3 rings (SSSR count). The number of hydrogen-bond donors (Lipinski definition) is 2. The van der Waals surface area contributed by atoms with Gasteiger partial charge in [0.25, 0.3) is 0 Å². The number of aryl methyl sites for hydroxylation is 2. The summed E-state index contributed by atoms with van der Waals surface area (Å²) in [4.78, 5) is 0. The van der Waals surface area contributed by atoms with Gasteiger partial charge in [-0.05, 0) is 37.0 Å². The highest BCUT2D eigenvalue weighted by Gasteiger charge is 2.44. The molecule has 0 saturated heterocycles. The fraction of sp³-hybridized carbons (Fsp3) is 0.333. The summed E-state index contributed by atoms with van der Waals surface area (Å²) in [7, 11) is 0. The van der Waals surface area contributed by atoms with Gasteiger partial charge in [-0.1, -0.05) is 42.0 Å². The van der Waals surface area contributed by atoms with Gasteiger partial charge in [0.15, 0.2) is 0 Å². The maximum Gasteiger partial charge on any atom is 0.129 e. The van der Waals surface area contributed by atoms with Crippen molar-refractivity contribution in [2.45, 2.75) is 31.3 Å².